The van der Waals surface area contributed by atoms with Crippen molar-refractivity contribution in [3.63, 3.8) is 0 Å². The molecule has 5 heteroatoms. The van der Waals surface area contributed by atoms with Gasteiger partial charge in [0.05, 0.1) is 5.56 Å². The highest BCUT2D eigenvalue weighted by molar-refractivity contribution is 5.87. The third-order valence-electron chi connectivity index (χ3n) is 5.03. The fourth-order valence-corrected chi connectivity index (χ4v) is 3.76. The number of phenols is 1. The average molecular weight is 357 g/mol. The minimum atomic E-state index is -0.171. The largest absolute Gasteiger partial charge is 0.507 e. The van der Waals surface area contributed by atoms with Gasteiger partial charge in [0.25, 0.3) is 5.91 Å². The van der Waals surface area contributed by atoms with Crippen molar-refractivity contribution in [3.8, 4) is 5.75 Å². The summed E-state index contributed by atoms with van der Waals surface area (Å²) in [6, 6.07) is 12.0. The molecule has 0 saturated carbocycles. The van der Waals surface area contributed by atoms with Crippen LogP contribution >= 0.6 is 0 Å². The number of nitrogens with one attached hydrogen (secondary N) is 3. The first-order chi connectivity index (χ1) is 12.3. The van der Waals surface area contributed by atoms with Gasteiger partial charge in [-0.2, -0.15) is 0 Å². The monoisotopic (exact) mass is 357 g/mol. The van der Waals surface area contributed by atoms with Crippen molar-refractivity contribution in [3.05, 3.63) is 42.0 Å². The second-order valence-corrected chi connectivity index (χ2v) is 8.44. The van der Waals surface area contributed by atoms with Crippen molar-refractivity contribution in [1.29, 1.82) is 0 Å². The van der Waals surface area contributed by atoms with Gasteiger partial charge in [-0.3, -0.25) is 4.79 Å². The zero-order valence-electron chi connectivity index (χ0n) is 16.1. The Balaban J connectivity index is 1.58. The van der Waals surface area contributed by atoms with E-state index < -0.39 is 0 Å². The number of fused-ring (bicyclic) bond motifs is 1. The normalized spacial score (nSPS) is 20.9. The van der Waals surface area contributed by atoms with Gasteiger partial charge in [0.2, 0.25) is 0 Å². The summed E-state index contributed by atoms with van der Waals surface area (Å²) >= 11 is 0. The first-order valence-corrected chi connectivity index (χ1v) is 9.49. The molecule has 26 heavy (non-hydrogen) atoms. The van der Waals surface area contributed by atoms with Crippen LogP contribution in [-0.4, -0.2) is 49.3 Å². The van der Waals surface area contributed by atoms with Crippen LogP contribution in [0.15, 0.2) is 36.4 Å². The number of carbonyl (C=O) groups is 1. The number of aromatic hydroxyl groups is 1. The predicted molar refractivity (Wildman–Crippen MR) is 103 cm³/mol. The van der Waals surface area contributed by atoms with Crippen molar-refractivity contribution in [1.82, 2.24) is 5.32 Å². The average Bonchev–Trinajstić information content (AvgIpc) is 2.57. The summed E-state index contributed by atoms with van der Waals surface area (Å²) < 4.78 is 0. The minimum Gasteiger partial charge on any atom is -0.507 e. The van der Waals surface area contributed by atoms with E-state index >= 15 is 0 Å². The Morgan fingerprint density at radius 1 is 1.04 bits per heavy atom. The fourth-order valence-electron chi connectivity index (χ4n) is 3.76. The van der Waals surface area contributed by atoms with E-state index in [2.05, 4.69) is 17.4 Å². The zero-order valence-corrected chi connectivity index (χ0v) is 16.1. The smallest absolute Gasteiger partial charge is 0.275 e. The number of quaternary nitrogens is 2. The van der Waals surface area contributed by atoms with Crippen LogP contribution in [-0.2, 0) is 11.3 Å². The van der Waals surface area contributed by atoms with Crippen LogP contribution in [0.3, 0.4) is 0 Å². The van der Waals surface area contributed by atoms with Crippen molar-refractivity contribution in [2.24, 2.45) is 0 Å². The molecule has 2 aromatic carbocycles. The van der Waals surface area contributed by atoms with Gasteiger partial charge in [0, 0.05) is 5.54 Å². The number of carbonyl (C=O) groups excluding carboxylic acids is 1. The topological polar surface area (TPSA) is 58.2 Å². The van der Waals surface area contributed by atoms with Gasteiger partial charge in [0.15, 0.2) is 6.54 Å². The molecular formula is C21H31N3O2+2. The zero-order chi connectivity index (χ0) is 18.7. The lowest BCUT2D eigenvalue weighted by Crippen LogP contribution is -3.28. The van der Waals surface area contributed by atoms with Crippen LogP contribution in [0, 0.1) is 0 Å². The van der Waals surface area contributed by atoms with Gasteiger partial charge in [-0.1, -0.05) is 30.3 Å². The third-order valence-corrected chi connectivity index (χ3v) is 5.03. The molecule has 0 radical (unpaired) electrons. The van der Waals surface area contributed by atoms with Crippen LogP contribution in [0.25, 0.3) is 10.8 Å². The van der Waals surface area contributed by atoms with Gasteiger partial charge in [-0.25, -0.2) is 0 Å². The lowest BCUT2D eigenvalue weighted by atomic mass is 10.0. The molecule has 2 aromatic rings. The molecule has 1 heterocycles. The molecule has 1 saturated heterocycles. The number of hydrogen-bond acceptors (Lipinski definition) is 2. The highest BCUT2D eigenvalue weighted by Crippen LogP contribution is 2.26. The number of hydrogen-bond donors (Lipinski definition) is 4. The number of benzene rings is 2. The maximum absolute atomic E-state index is 12.1. The summed E-state index contributed by atoms with van der Waals surface area (Å²) in [7, 11) is 0. The number of rotatable bonds is 4. The quantitative estimate of drug-likeness (QED) is 0.610. The number of phenolic OH excluding ortho intramolecular Hbond substituents is 1. The number of amides is 1. The summed E-state index contributed by atoms with van der Waals surface area (Å²) in [5.41, 5.74) is 0.863. The van der Waals surface area contributed by atoms with Gasteiger partial charge in [-0.05, 0) is 37.6 Å². The third kappa shape index (κ3) is 4.74. The first-order valence-electron chi connectivity index (χ1n) is 9.49. The SMILES string of the molecule is CC(C)(C)NC(=O)C[NH+]1CC[NH+](Cc2c(O)ccc3ccccc23)CC1. The van der Waals surface area contributed by atoms with E-state index in [4.69, 9.17) is 0 Å². The summed E-state index contributed by atoms with van der Waals surface area (Å²) in [6.45, 7) is 11.4. The molecule has 0 unspecified atom stereocenters. The molecule has 3 rings (SSSR count). The van der Waals surface area contributed by atoms with Gasteiger partial charge >= 0.3 is 0 Å². The van der Waals surface area contributed by atoms with E-state index in [1.165, 1.54) is 15.2 Å². The van der Waals surface area contributed by atoms with E-state index in [-0.39, 0.29) is 11.4 Å². The number of piperazine rings is 1. The van der Waals surface area contributed by atoms with Crippen molar-refractivity contribution in [2.75, 3.05) is 32.7 Å². The Bertz CT molecular complexity index is 774. The molecule has 0 aliphatic carbocycles. The van der Waals surface area contributed by atoms with E-state index in [9.17, 15) is 9.90 Å². The van der Waals surface area contributed by atoms with E-state index in [0.717, 1.165) is 43.7 Å². The fraction of sp³-hybridized carbons (Fsp3) is 0.476. The molecule has 5 nitrogen and oxygen atoms in total. The van der Waals surface area contributed by atoms with Crippen LogP contribution in [0.1, 0.15) is 26.3 Å². The Labute approximate surface area is 155 Å². The maximum atomic E-state index is 12.1. The molecular weight excluding hydrogens is 326 g/mol. The summed E-state index contributed by atoms with van der Waals surface area (Å²) in [5, 5.41) is 15.7. The Kier molecular flexibility index (Phi) is 5.49. The molecule has 0 spiro atoms. The van der Waals surface area contributed by atoms with Crippen LogP contribution < -0.4 is 15.1 Å². The standard InChI is InChI=1S/C21H29N3O2/c1-21(2,3)22-20(26)15-24-12-10-23(11-13-24)14-18-17-7-5-4-6-16(17)8-9-19(18)25/h4-9,25H,10-15H2,1-3H3,(H,22,26)/p+2. The minimum absolute atomic E-state index is 0.127. The molecule has 0 bridgehead atoms. The van der Waals surface area contributed by atoms with Gasteiger partial charge < -0.3 is 20.2 Å². The highest BCUT2D eigenvalue weighted by Gasteiger charge is 2.27. The predicted octanol–water partition coefficient (Wildman–Crippen LogP) is -0.256. The lowest BCUT2D eigenvalue weighted by Gasteiger charge is -2.30. The lowest BCUT2D eigenvalue weighted by molar-refractivity contribution is -1.02. The summed E-state index contributed by atoms with van der Waals surface area (Å²) in [4.78, 5) is 14.9. The first kappa shape index (κ1) is 18.7. The molecule has 1 aliphatic rings. The second kappa shape index (κ2) is 7.64. The Morgan fingerprint density at radius 2 is 1.69 bits per heavy atom. The van der Waals surface area contributed by atoms with Crippen molar-refractivity contribution in [2.45, 2.75) is 32.9 Å². The van der Waals surface area contributed by atoms with Gasteiger partial charge in [-0.15, -0.1) is 0 Å². The summed E-state index contributed by atoms with van der Waals surface area (Å²) in [6.07, 6.45) is 0. The molecule has 4 N–H and O–H groups in total. The molecule has 0 aromatic heterocycles. The Hall–Kier alpha value is -2.11. The van der Waals surface area contributed by atoms with Crippen molar-refractivity contribution < 1.29 is 19.7 Å². The van der Waals surface area contributed by atoms with E-state index in [0.29, 0.717) is 12.3 Å². The second-order valence-electron chi connectivity index (χ2n) is 8.44. The van der Waals surface area contributed by atoms with Crippen molar-refractivity contribution >= 4 is 16.7 Å². The maximum Gasteiger partial charge on any atom is 0.275 e. The highest BCUT2D eigenvalue weighted by atomic mass is 16.3. The molecule has 1 aliphatic heterocycles. The Morgan fingerprint density at radius 3 is 2.38 bits per heavy atom. The van der Waals surface area contributed by atoms with Crippen LogP contribution in [0.5, 0.6) is 5.75 Å². The summed E-state index contributed by atoms with van der Waals surface area (Å²) in [5.74, 6) is 0.512. The molecule has 0 atom stereocenters. The molecule has 1 fully saturated rings. The van der Waals surface area contributed by atoms with Crippen LogP contribution in [0.2, 0.25) is 0 Å². The van der Waals surface area contributed by atoms with Gasteiger partial charge in [0.1, 0.15) is 38.5 Å². The van der Waals surface area contributed by atoms with Crippen LogP contribution in [0.4, 0.5) is 0 Å². The molecule has 140 valence electrons. The van der Waals surface area contributed by atoms with E-state index in [1.807, 2.05) is 39.0 Å². The van der Waals surface area contributed by atoms with E-state index in [1.54, 1.807) is 6.07 Å². The molecule has 1 amide bonds.